The van der Waals surface area contributed by atoms with E-state index in [4.69, 9.17) is 0 Å². The van der Waals surface area contributed by atoms with Crippen molar-refractivity contribution in [2.75, 3.05) is 7.05 Å². The van der Waals surface area contributed by atoms with Gasteiger partial charge in [-0.1, -0.05) is 0 Å². The number of nitrogens with zero attached hydrogens (tertiary/aromatic N) is 4. The quantitative estimate of drug-likeness (QED) is 0.867. The lowest BCUT2D eigenvalue weighted by atomic mass is 10.1. The first-order valence-corrected chi connectivity index (χ1v) is 6.26. The van der Waals surface area contributed by atoms with Gasteiger partial charge < -0.3 is 9.88 Å². The molecule has 1 N–H and O–H groups in total. The zero-order valence-corrected chi connectivity index (χ0v) is 11.5. The van der Waals surface area contributed by atoms with Crippen LogP contribution in [0.15, 0.2) is 18.5 Å². The van der Waals surface area contributed by atoms with Gasteiger partial charge in [0.15, 0.2) is 0 Å². The minimum atomic E-state index is 0.313. The molecule has 0 amide bonds. The number of hydrogen-bond donors (Lipinski definition) is 1. The zero-order valence-electron chi connectivity index (χ0n) is 11.5. The third kappa shape index (κ3) is 2.61. The van der Waals surface area contributed by atoms with Gasteiger partial charge in [0.25, 0.3) is 0 Å². The monoisotopic (exact) mass is 247 g/mol. The highest BCUT2D eigenvalue weighted by Gasteiger charge is 2.15. The van der Waals surface area contributed by atoms with Gasteiger partial charge in [-0.2, -0.15) is 5.10 Å². The predicted octanol–water partition coefficient (Wildman–Crippen LogP) is 1.36. The average Bonchev–Trinajstić information content (AvgIpc) is 2.87. The number of aromatic nitrogens is 4. The van der Waals surface area contributed by atoms with Crippen molar-refractivity contribution < 1.29 is 0 Å². The van der Waals surface area contributed by atoms with E-state index in [1.165, 1.54) is 5.69 Å². The Hall–Kier alpha value is -1.62. The second-order valence-electron chi connectivity index (χ2n) is 4.67. The van der Waals surface area contributed by atoms with Crippen LogP contribution in [0, 0.1) is 6.92 Å². The van der Waals surface area contributed by atoms with Gasteiger partial charge in [0, 0.05) is 39.0 Å². The molecule has 2 aromatic heterocycles. The molecule has 0 aliphatic carbocycles. The van der Waals surface area contributed by atoms with Crippen LogP contribution in [0.25, 0.3) is 0 Å². The summed E-state index contributed by atoms with van der Waals surface area (Å²) in [4.78, 5) is 4.36. The first kappa shape index (κ1) is 12.8. The van der Waals surface area contributed by atoms with Gasteiger partial charge in [-0.05, 0) is 26.5 Å². The van der Waals surface area contributed by atoms with E-state index in [2.05, 4.69) is 26.0 Å². The van der Waals surface area contributed by atoms with Crippen molar-refractivity contribution in [3.05, 3.63) is 35.7 Å². The Bertz CT molecular complexity index is 511. The summed E-state index contributed by atoms with van der Waals surface area (Å²) in [6, 6.07) is 2.45. The molecule has 0 aliphatic rings. The molecule has 2 heterocycles. The number of aryl methyl sites for hydroxylation is 4. The molecular weight excluding hydrogens is 226 g/mol. The molecule has 0 radical (unpaired) electrons. The molecule has 0 saturated carbocycles. The fourth-order valence-electron chi connectivity index (χ4n) is 2.31. The van der Waals surface area contributed by atoms with Crippen LogP contribution in [0.3, 0.4) is 0 Å². The Labute approximate surface area is 108 Å². The van der Waals surface area contributed by atoms with Gasteiger partial charge in [0.1, 0.15) is 5.82 Å². The Kier molecular flexibility index (Phi) is 3.81. The number of imidazole rings is 1. The van der Waals surface area contributed by atoms with E-state index >= 15 is 0 Å². The van der Waals surface area contributed by atoms with Gasteiger partial charge in [-0.15, -0.1) is 0 Å². The molecule has 0 bridgehead atoms. The maximum absolute atomic E-state index is 4.40. The van der Waals surface area contributed by atoms with E-state index in [1.807, 2.05) is 45.1 Å². The lowest BCUT2D eigenvalue weighted by Crippen LogP contribution is -2.20. The van der Waals surface area contributed by atoms with Crippen molar-refractivity contribution in [3.63, 3.8) is 0 Å². The van der Waals surface area contributed by atoms with E-state index in [9.17, 15) is 0 Å². The molecule has 0 fully saturated rings. The molecule has 1 atom stereocenters. The highest BCUT2D eigenvalue weighted by molar-refractivity contribution is 5.13. The topological polar surface area (TPSA) is 47.7 Å². The molecule has 98 valence electrons. The van der Waals surface area contributed by atoms with Crippen molar-refractivity contribution >= 4 is 0 Å². The third-order valence-electron chi connectivity index (χ3n) is 3.32. The SMILES string of the molecule is CNC(CCc1nccn1C)c1cc(C)nn1C. The summed E-state index contributed by atoms with van der Waals surface area (Å²) in [5.41, 5.74) is 2.29. The van der Waals surface area contributed by atoms with Gasteiger partial charge >= 0.3 is 0 Å². The second kappa shape index (κ2) is 5.35. The standard InChI is InChI=1S/C13H21N5/c1-10-9-12(18(4)16-10)11(14-2)5-6-13-15-7-8-17(13)3/h7-9,11,14H,5-6H2,1-4H3. The summed E-state index contributed by atoms with van der Waals surface area (Å²) in [7, 11) is 6.02. The van der Waals surface area contributed by atoms with E-state index in [0.717, 1.165) is 24.4 Å². The number of rotatable bonds is 5. The molecule has 5 nitrogen and oxygen atoms in total. The average molecular weight is 247 g/mol. The van der Waals surface area contributed by atoms with Crippen LogP contribution in [0.2, 0.25) is 0 Å². The molecule has 0 spiro atoms. The lowest BCUT2D eigenvalue weighted by Gasteiger charge is -2.16. The van der Waals surface area contributed by atoms with Crippen LogP contribution in [-0.4, -0.2) is 26.4 Å². The number of nitrogens with one attached hydrogen (secondary N) is 1. The molecule has 0 aromatic carbocycles. The first-order valence-electron chi connectivity index (χ1n) is 6.26. The van der Waals surface area contributed by atoms with Crippen LogP contribution in [-0.2, 0) is 20.5 Å². The van der Waals surface area contributed by atoms with E-state index in [1.54, 1.807) is 0 Å². The smallest absolute Gasteiger partial charge is 0.108 e. The first-order chi connectivity index (χ1) is 8.61. The third-order valence-corrected chi connectivity index (χ3v) is 3.32. The molecule has 0 saturated heterocycles. The summed E-state index contributed by atoms with van der Waals surface area (Å²) in [6.07, 6.45) is 5.80. The van der Waals surface area contributed by atoms with Crippen molar-refractivity contribution in [2.24, 2.45) is 14.1 Å². The van der Waals surface area contributed by atoms with Crippen molar-refractivity contribution in [2.45, 2.75) is 25.8 Å². The summed E-state index contributed by atoms with van der Waals surface area (Å²) < 4.78 is 4.02. The minimum absolute atomic E-state index is 0.313. The highest BCUT2D eigenvalue weighted by atomic mass is 15.3. The molecule has 0 aliphatic heterocycles. The molecule has 1 unspecified atom stereocenters. The Morgan fingerprint density at radius 3 is 2.67 bits per heavy atom. The van der Waals surface area contributed by atoms with Crippen molar-refractivity contribution in [1.82, 2.24) is 24.6 Å². The number of hydrogen-bond acceptors (Lipinski definition) is 3. The molecular formula is C13H21N5. The molecule has 2 rings (SSSR count). The van der Waals surface area contributed by atoms with Crippen molar-refractivity contribution in [1.29, 1.82) is 0 Å². The van der Waals surface area contributed by atoms with E-state index in [0.29, 0.717) is 6.04 Å². The fraction of sp³-hybridized carbons (Fsp3) is 0.538. The van der Waals surface area contributed by atoms with E-state index < -0.39 is 0 Å². The van der Waals surface area contributed by atoms with Crippen LogP contribution < -0.4 is 5.32 Å². The van der Waals surface area contributed by atoms with Crippen LogP contribution in [0.5, 0.6) is 0 Å². The van der Waals surface area contributed by atoms with Gasteiger partial charge in [-0.25, -0.2) is 4.98 Å². The molecule has 18 heavy (non-hydrogen) atoms. The minimum Gasteiger partial charge on any atom is -0.338 e. The molecule has 2 aromatic rings. The largest absolute Gasteiger partial charge is 0.338 e. The van der Waals surface area contributed by atoms with Crippen LogP contribution in [0.4, 0.5) is 0 Å². The van der Waals surface area contributed by atoms with Gasteiger partial charge in [-0.3, -0.25) is 4.68 Å². The normalized spacial score (nSPS) is 12.9. The Morgan fingerprint density at radius 1 is 1.39 bits per heavy atom. The maximum atomic E-state index is 4.40. The second-order valence-corrected chi connectivity index (χ2v) is 4.67. The highest BCUT2D eigenvalue weighted by Crippen LogP contribution is 2.18. The maximum Gasteiger partial charge on any atom is 0.108 e. The van der Waals surface area contributed by atoms with Crippen LogP contribution >= 0.6 is 0 Å². The summed E-state index contributed by atoms with van der Waals surface area (Å²) in [5.74, 6) is 1.12. The lowest BCUT2D eigenvalue weighted by molar-refractivity contribution is 0.497. The Morgan fingerprint density at radius 2 is 2.17 bits per heavy atom. The molecule has 5 heteroatoms. The van der Waals surface area contributed by atoms with Gasteiger partial charge in [0.2, 0.25) is 0 Å². The van der Waals surface area contributed by atoms with Crippen LogP contribution in [0.1, 0.15) is 29.7 Å². The van der Waals surface area contributed by atoms with Gasteiger partial charge in [0.05, 0.1) is 11.4 Å². The Balaban J connectivity index is 2.06. The van der Waals surface area contributed by atoms with Crippen molar-refractivity contribution in [3.8, 4) is 0 Å². The van der Waals surface area contributed by atoms with E-state index in [-0.39, 0.29) is 0 Å². The summed E-state index contributed by atoms with van der Waals surface area (Å²) in [5, 5.41) is 7.75. The predicted molar refractivity (Wildman–Crippen MR) is 71.3 cm³/mol. The zero-order chi connectivity index (χ0) is 13.1. The fourth-order valence-corrected chi connectivity index (χ4v) is 2.31. The summed E-state index contributed by atoms with van der Waals surface area (Å²) in [6.45, 7) is 2.02. The summed E-state index contributed by atoms with van der Waals surface area (Å²) >= 11 is 0.